The minimum Gasteiger partial charge on any atom is -0.462 e. The molecule has 5 aliphatic rings. The predicted octanol–water partition coefficient (Wildman–Crippen LogP) is 5.97. The molecule has 0 aromatic heterocycles. The van der Waals surface area contributed by atoms with Gasteiger partial charge in [-0.15, -0.1) is 0 Å². The summed E-state index contributed by atoms with van der Waals surface area (Å²) in [4.78, 5) is 76.9. The maximum absolute atomic E-state index is 13.2. The number of carbonyl (C=O) groups excluding carboxylic acids is 6. The average Bonchev–Trinajstić information content (AvgIpc) is 3.58. The van der Waals surface area contributed by atoms with Crippen LogP contribution in [0.4, 0.5) is 10.5 Å². The van der Waals surface area contributed by atoms with Crippen LogP contribution in [-0.4, -0.2) is 166 Å². The Morgan fingerprint density at radius 3 is 2.04 bits per heavy atom. The lowest BCUT2D eigenvalue weighted by molar-refractivity contribution is -0.160. The van der Waals surface area contributed by atoms with Crippen LogP contribution in [0.3, 0.4) is 0 Å². The summed E-state index contributed by atoms with van der Waals surface area (Å²) in [6.07, 6.45) is 9.23. The Kier molecular flexibility index (Phi) is 22.0. The molecule has 2 aliphatic carbocycles. The number of amides is 5. The van der Waals surface area contributed by atoms with E-state index in [-0.39, 0.29) is 77.0 Å². The molecule has 19 nitrogen and oxygen atoms in total. The summed E-state index contributed by atoms with van der Waals surface area (Å²) in [5.74, 6) is -1.53. The van der Waals surface area contributed by atoms with Gasteiger partial charge in [-0.2, -0.15) is 0 Å². The number of ether oxygens (including phenoxy) is 8. The highest BCUT2D eigenvalue weighted by Gasteiger charge is 2.47. The van der Waals surface area contributed by atoms with Gasteiger partial charge in [-0.1, -0.05) is 58.9 Å². The number of anilines is 1. The first kappa shape index (κ1) is 57.7. The van der Waals surface area contributed by atoms with Crippen LogP contribution in [0.5, 0.6) is 0 Å². The first-order valence-corrected chi connectivity index (χ1v) is 29.1. The molecule has 406 valence electrons. The van der Waals surface area contributed by atoms with E-state index in [1.807, 2.05) is 0 Å². The first-order valence-electron chi connectivity index (χ1n) is 26.2. The van der Waals surface area contributed by atoms with Crippen molar-refractivity contribution in [3.05, 3.63) is 53.1 Å². The zero-order valence-electron chi connectivity index (χ0n) is 44.0. The number of nitrogens with one attached hydrogen (secondary N) is 3. The minimum absolute atomic E-state index is 0.0562. The van der Waals surface area contributed by atoms with E-state index in [2.05, 4.69) is 81.9 Å². The van der Waals surface area contributed by atoms with Crippen molar-refractivity contribution < 1.29 is 71.1 Å². The van der Waals surface area contributed by atoms with Gasteiger partial charge in [-0.25, -0.2) is 4.79 Å². The van der Waals surface area contributed by atoms with Crippen molar-refractivity contribution in [3.63, 3.8) is 0 Å². The van der Waals surface area contributed by atoms with Gasteiger partial charge in [0.05, 0.1) is 103 Å². The molecule has 3 aliphatic heterocycles. The third-order valence-corrected chi connectivity index (χ3v) is 19.1. The Morgan fingerprint density at radius 2 is 1.42 bits per heavy atom. The SMILES string of the molecule is C[C@H]1C=C2C=C[C@H](C)[C@H](CC[C@@H]3C[C@@H](O[Si](C)(C)C(C)(C)C)CC(=O)O3)[C@H]2[C@@H](OC(=O)NCCOCCOCCOCCOCCOCCOCCNc2cccc3c2C(=O)N(C2CCC(=O)NC2=O)C3=O)C1. The number of fused-ring (bicyclic) bond motifs is 2. The van der Waals surface area contributed by atoms with E-state index in [9.17, 15) is 28.8 Å². The molecular weight excluding hydrogens is 961 g/mol. The number of nitrogens with zero attached hydrogens (tertiary/aromatic N) is 1. The topological polar surface area (TPSA) is 225 Å². The zero-order chi connectivity index (χ0) is 52.5. The maximum atomic E-state index is 13.2. The van der Waals surface area contributed by atoms with E-state index in [1.54, 1.807) is 18.2 Å². The number of esters is 1. The van der Waals surface area contributed by atoms with Gasteiger partial charge in [0.1, 0.15) is 18.2 Å². The fraction of sp³-hybridized carbons (Fsp3) is 0.698. The number of alkyl carbamates (subject to hydrolysis) is 1. The summed E-state index contributed by atoms with van der Waals surface area (Å²) in [5.41, 5.74) is 2.10. The standard InChI is InChI=1S/C53H80N4O15Si/c1-35-31-37-12-11-36(2)40(14-13-38-33-39(34-46(59)70-38)72-73(6,7)53(3,4)5)47(37)44(32-35)71-52(63)55-18-20-65-22-24-67-26-28-69-30-29-68-27-25-66-23-21-64-19-17-54-42-10-8-9-41-48(42)51(62)57(50(41)61)43-15-16-45(58)56-49(43)60/h8-12,31,35-36,38-40,43-44,47,54H,13-30,32-34H2,1-7H3,(H,55,63)(H,56,58,60)/t35-,36-,38+,39+,40-,43?,44-,47-/m0/s1. The highest BCUT2D eigenvalue weighted by molar-refractivity contribution is 6.74. The van der Waals surface area contributed by atoms with Gasteiger partial charge in [-0.3, -0.25) is 34.2 Å². The zero-order valence-corrected chi connectivity index (χ0v) is 45.0. The number of hydrogen-bond acceptors (Lipinski definition) is 16. The van der Waals surface area contributed by atoms with Crippen LogP contribution < -0.4 is 16.0 Å². The molecule has 0 bridgehead atoms. The Hall–Kier alpha value is -4.54. The Labute approximate surface area is 431 Å². The number of piperidine rings is 1. The molecular formula is C53H80N4O15Si. The number of imide groups is 2. The van der Waals surface area contributed by atoms with Gasteiger partial charge in [0.15, 0.2) is 8.32 Å². The second-order valence-corrected chi connectivity index (χ2v) is 25.8. The lowest BCUT2D eigenvalue weighted by Gasteiger charge is -2.44. The average molecular weight is 1040 g/mol. The molecule has 0 saturated carbocycles. The van der Waals surface area contributed by atoms with Crippen LogP contribution in [-0.2, 0) is 56.7 Å². The smallest absolute Gasteiger partial charge is 0.407 e. The summed E-state index contributed by atoms with van der Waals surface area (Å²) < 4.78 is 52.2. The van der Waals surface area contributed by atoms with Crippen molar-refractivity contribution in [3.8, 4) is 0 Å². The fourth-order valence-corrected chi connectivity index (χ4v) is 11.2. The molecule has 6 rings (SSSR count). The second-order valence-electron chi connectivity index (χ2n) is 21.1. The predicted molar refractivity (Wildman–Crippen MR) is 272 cm³/mol. The largest absolute Gasteiger partial charge is 0.462 e. The van der Waals surface area contributed by atoms with Crippen LogP contribution in [0.1, 0.15) is 100 Å². The Bertz CT molecular complexity index is 2110. The molecule has 1 aromatic carbocycles. The van der Waals surface area contributed by atoms with Gasteiger partial charge in [-0.05, 0) is 79.3 Å². The van der Waals surface area contributed by atoms with Crippen LogP contribution in [0.25, 0.3) is 0 Å². The first-order chi connectivity index (χ1) is 34.9. The third kappa shape index (κ3) is 16.7. The lowest BCUT2D eigenvalue weighted by atomic mass is 9.65. The van der Waals surface area contributed by atoms with Gasteiger partial charge in [0.2, 0.25) is 11.8 Å². The fourth-order valence-electron chi connectivity index (χ4n) is 9.83. The highest BCUT2D eigenvalue weighted by atomic mass is 28.4. The quantitative estimate of drug-likeness (QED) is 0.0364. The second kappa shape index (κ2) is 27.8. The molecule has 3 heterocycles. The summed E-state index contributed by atoms with van der Waals surface area (Å²) in [7, 11) is -2.04. The van der Waals surface area contributed by atoms with Gasteiger partial charge in [0, 0.05) is 37.5 Å². The monoisotopic (exact) mass is 1040 g/mol. The molecule has 0 spiro atoms. The van der Waals surface area contributed by atoms with Crippen molar-refractivity contribution in [1.82, 2.24) is 15.5 Å². The van der Waals surface area contributed by atoms with E-state index in [0.29, 0.717) is 111 Å². The summed E-state index contributed by atoms with van der Waals surface area (Å²) in [5, 5.41) is 8.26. The number of benzene rings is 1. The minimum atomic E-state index is -2.04. The van der Waals surface area contributed by atoms with Gasteiger partial charge < -0.3 is 53.0 Å². The molecule has 0 radical (unpaired) electrons. The molecule has 5 amide bonds. The number of rotatable bonds is 29. The van der Waals surface area contributed by atoms with Crippen LogP contribution in [0.15, 0.2) is 42.0 Å². The van der Waals surface area contributed by atoms with E-state index >= 15 is 0 Å². The number of carbonyl (C=O) groups is 6. The van der Waals surface area contributed by atoms with Gasteiger partial charge >= 0.3 is 12.1 Å². The van der Waals surface area contributed by atoms with Gasteiger partial charge in [0.25, 0.3) is 11.8 Å². The number of cyclic esters (lactones) is 1. The Balaban J connectivity index is 0.736. The van der Waals surface area contributed by atoms with E-state index in [4.69, 9.17) is 42.3 Å². The highest BCUT2D eigenvalue weighted by Crippen LogP contribution is 2.46. The summed E-state index contributed by atoms with van der Waals surface area (Å²) in [6, 6.07) is 3.88. The maximum Gasteiger partial charge on any atom is 0.407 e. The van der Waals surface area contributed by atoms with Crippen molar-refractivity contribution >= 4 is 49.7 Å². The van der Waals surface area contributed by atoms with Crippen LogP contribution >= 0.6 is 0 Å². The molecule has 1 unspecified atom stereocenters. The van der Waals surface area contributed by atoms with Crippen molar-refractivity contribution in [2.75, 3.05) is 97.7 Å². The third-order valence-electron chi connectivity index (χ3n) is 14.6. The Morgan fingerprint density at radius 1 is 0.808 bits per heavy atom. The normalized spacial score (nSPS) is 25.2. The van der Waals surface area contributed by atoms with Crippen LogP contribution in [0, 0.1) is 23.7 Å². The van der Waals surface area contributed by atoms with Crippen LogP contribution in [0.2, 0.25) is 18.1 Å². The molecule has 3 N–H and O–H groups in total. The van der Waals surface area contributed by atoms with E-state index in [0.717, 1.165) is 24.2 Å². The molecule has 20 heteroatoms. The van der Waals surface area contributed by atoms with E-state index < -0.39 is 44.1 Å². The van der Waals surface area contributed by atoms with Crippen molar-refractivity contribution in [2.24, 2.45) is 23.7 Å². The molecule has 73 heavy (non-hydrogen) atoms. The molecule has 2 saturated heterocycles. The van der Waals surface area contributed by atoms with Crippen molar-refractivity contribution in [1.29, 1.82) is 0 Å². The number of allylic oxidation sites excluding steroid dienone is 3. The number of hydrogen-bond donors (Lipinski definition) is 3. The summed E-state index contributed by atoms with van der Waals surface area (Å²) >= 11 is 0. The molecule has 2 fully saturated rings. The molecule has 8 atom stereocenters. The van der Waals surface area contributed by atoms with Crippen molar-refractivity contribution in [2.45, 2.75) is 122 Å². The molecule has 1 aromatic rings. The lowest BCUT2D eigenvalue weighted by Crippen LogP contribution is -2.54. The van der Waals surface area contributed by atoms with E-state index in [1.165, 1.54) is 5.57 Å². The summed E-state index contributed by atoms with van der Waals surface area (Å²) in [6.45, 7) is 20.7.